The number of thioether (sulfide) groups is 1. The number of nitrogens with two attached hydrogens (primary N) is 1. The van der Waals surface area contributed by atoms with Crippen LogP contribution in [0.15, 0.2) is 23.1 Å². The van der Waals surface area contributed by atoms with Crippen molar-refractivity contribution in [3.63, 3.8) is 0 Å². The largest absolute Gasteiger partial charge is 0.326 e. The van der Waals surface area contributed by atoms with E-state index >= 15 is 0 Å². The summed E-state index contributed by atoms with van der Waals surface area (Å²) in [4.78, 5) is 0.715. The molecule has 1 rings (SSSR count). The van der Waals surface area contributed by atoms with Crippen molar-refractivity contribution in [2.75, 3.05) is 5.75 Å². The summed E-state index contributed by atoms with van der Waals surface area (Å²) in [5.74, 6) is 0.787. The van der Waals surface area contributed by atoms with E-state index in [1.54, 1.807) is 17.8 Å². The Kier molecular flexibility index (Phi) is 4.25. The molecule has 0 bridgehead atoms. The molecule has 1 aromatic rings. The van der Waals surface area contributed by atoms with Crippen LogP contribution in [-0.2, 0) is 6.54 Å². The molecule has 0 aliphatic rings. The monoisotopic (exact) mass is 199 g/mol. The zero-order valence-electron chi connectivity index (χ0n) is 7.72. The number of hydrogen-bond acceptors (Lipinski definition) is 2. The molecule has 0 radical (unpaired) electrons. The normalized spacial score (nSPS) is 10.4. The maximum absolute atomic E-state index is 13.3. The van der Waals surface area contributed by atoms with Crippen LogP contribution >= 0.6 is 11.8 Å². The summed E-state index contributed by atoms with van der Waals surface area (Å²) in [5.41, 5.74) is 6.41. The highest BCUT2D eigenvalue weighted by Gasteiger charge is 2.06. The van der Waals surface area contributed by atoms with Crippen molar-refractivity contribution in [1.82, 2.24) is 0 Å². The fourth-order valence-electron chi connectivity index (χ4n) is 1.08. The molecule has 1 aromatic carbocycles. The molecule has 72 valence electrons. The van der Waals surface area contributed by atoms with E-state index < -0.39 is 0 Å². The maximum Gasteiger partial charge on any atom is 0.137 e. The Balaban J connectivity index is 2.87. The maximum atomic E-state index is 13.3. The van der Waals surface area contributed by atoms with Crippen LogP contribution in [0.4, 0.5) is 4.39 Å². The van der Waals surface area contributed by atoms with Gasteiger partial charge in [0, 0.05) is 11.4 Å². The fraction of sp³-hybridized carbons (Fsp3) is 0.400. The lowest BCUT2D eigenvalue weighted by molar-refractivity contribution is 0.597. The van der Waals surface area contributed by atoms with Gasteiger partial charge < -0.3 is 5.73 Å². The van der Waals surface area contributed by atoms with E-state index in [1.807, 2.05) is 6.07 Å². The van der Waals surface area contributed by atoms with Crippen molar-refractivity contribution in [3.8, 4) is 0 Å². The zero-order chi connectivity index (χ0) is 9.68. The van der Waals surface area contributed by atoms with Gasteiger partial charge in [0.2, 0.25) is 0 Å². The van der Waals surface area contributed by atoms with Crippen molar-refractivity contribution in [1.29, 1.82) is 0 Å². The predicted octanol–water partition coefficient (Wildman–Crippen LogP) is 2.79. The summed E-state index contributed by atoms with van der Waals surface area (Å²) >= 11 is 1.54. The minimum atomic E-state index is -0.151. The second-order valence-electron chi connectivity index (χ2n) is 2.78. The molecule has 0 heterocycles. The lowest BCUT2D eigenvalue weighted by atomic mass is 10.2. The van der Waals surface area contributed by atoms with Crippen molar-refractivity contribution in [2.24, 2.45) is 5.73 Å². The van der Waals surface area contributed by atoms with Gasteiger partial charge in [-0.25, -0.2) is 4.39 Å². The van der Waals surface area contributed by atoms with Gasteiger partial charge in [-0.2, -0.15) is 0 Å². The zero-order valence-corrected chi connectivity index (χ0v) is 8.53. The molecule has 0 atom stereocenters. The number of halogens is 1. The van der Waals surface area contributed by atoms with Gasteiger partial charge in [0.1, 0.15) is 5.82 Å². The number of rotatable bonds is 4. The summed E-state index contributed by atoms with van der Waals surface area (Å²) in [5, 5.41) is 0. The minimum absolute atomic E-state index is 0.151. The molecule has 0 spiro atoms. The first-order valence-corrected chi connectivity index (χ1v) is 5.38. The molecule has 1 nitrogen and oxygen atoms in total. The quantitative estimate of drug-likeness (QED) is 0.755. The van der Waals surface area contributed by atoms with Gasteiger partial charge in [-0.3, -0.25) is 0 Å². The predicted molar refractivity (Wildman–Crippen MR) is 55.3 cm³/mol. The molecule has 0 aliphatic heterocycles. The first-order chi connectivity index (χ1) is 6.29. The third-order valence-electron chi connectivity index (χ3n) is 1.72. The molecule has 3 heteroatoms. The minimum Gasteiger partial charge on any atom is -0.326 e. The second-order valence-corrected chi connectivity index (χ2v) is 3.89. The molecular formula is C10H14FNS. The molecular weight excluding hydrogens is 185 g/mol. The number of benzene rings is 1. The molecule has 0 fully saturated rings. The van der Waals surface area contributed by atoms with Crippen molar-refractivity contribution < 1.29 is 4.39 Å². The Bertz CT molecular complexity index is 276. The van der Waals surface area contributed by atoms with Crippen LogP contribution in [0.3, 0.4) is 0 Å². The van der Waals surface area contributed by atoms with Crippen LogP contribution in [0.25, 0.3) is 0 Å². The van der Waals surface area contributed by atoms with Crippen LogP contribution in [0.2, 0.25) is 0 Å². The van der Waals surface area contributed by atoms with Gasteiger partial charge in [0.25, 0.3) is 0 Å². The highest BCUT2D eigenvalue weighted by Crippen LogP contribution is 2.26. The fourth-order valence-corrected chi connectivity index (χ4v) is 2.03. The van der Waals surface area contributed by atoms with E-state index in [4.69, 9.17) is 5.73 Å². The Hall–Kier alpha value is -0.540. The lowest BCUT2D eigenvalue weighted by Gasteiger charge is -2.07. The van der Waals surface area contributed by atoms with Gasteiger partial charge in [-0.1, -0.05) is 19.1 Å². The van der Waals surface area contributed by atoms with Crippen LogP contribution < -0.4 is 5.73 Å². The van der Waals surface area contributed by atoms with Crippen LogP contribution in [-0.4, -0.2) is 5.75 Å². The molecule has 0 amide bonds. The van der Waals surface area contributed by atoms with E-state index in [1.165, 1.54) is 6.07 Å². The van der Waals surface area contributed by atoms with Gasteiger partial charge in [0.05, 0.1) is 0 Å². The topological polar surface area (TPSA) is 26.0 Å². The molecule has 0 aromatic heterocycles. The summed E-state index contributed by atoms with van der Waals surface area (Å²) < 4.78 is 13.3. The standard InChI is InChI=1S/C10H14FNS/c1-2-6-13-10-8(7-12)4-3-5-9(10)11/h3-5H,2,6-7,12H2,1H3. The van der Waals surface area contributed by atoms with Gasteiger partial charge >= 0.3 is 0 Å². The number of hydrogen-bond donors (Lipinski definition) is 1. The molecule has 0 saturated heterocycles. The SMILES string of the molecule is CCCSc1c(F)cccc1CN. The summed E-state index contributed by atoms with van der Waals surface area (Å²) in [6, 6.07) is 5.06. The van der Waals surface area contributed by atoms with E-state index in [2.05, 4.69) is 6.92 Å². The van der Waals surface area contributed by atoms with E-state index in [9.17, 15) is 4.39 Å². The van der Waals surface area contributed by atoms with E-state index in [-0.39, 0.29) is 5.82 Å². The second kappa shape index (κ2) is 5.25. The third-order valence-corrected chi connectivity index (χ3v) is 3.08. The van der Waals surface area contributed by atoms with Gasteiger partial charge in [-0.05, 0) is 23.8 Å². The van der Waals surface area contributed by atoms with Crippen LogP contribution in [0, 0.1) is 5.82 Å². The Labute approximate surface area is 82.5 Å². The highest BCUT2D eigenvalue weighted by molar-refractivity contribution is 7.99. The smallest absolute Gasteiger partial charge is 0.137 e. The lowest BCUT2D eigenvalue weighted by Crippen LogP contribution is -2.00. The Morgan fingerprint density at radius 3 is 2.85 bits per heavy atom. The van der Waals surface area contributed by atoms with Crippen molar-refractivity contribution >= 4 is 11.8 Å². The molecule has 0 saturated carbocycles. The molecule has 0 aliphatic carbocycles. The summed E-state index contributed by atoms with van der Waals surface area (Å²) in [7, 11) is 0. The molecule has 2 N–H and O–H groups in total. The van der Waals surface area contributed by atoms with E-state index in [0.717, 1.165) is 17.7 Å². The average Bonchev–Trinajstić information content (AvgIpc) is 2.15. The molecule has 0 unspecified atom stereocenters. The van der Waals surface area contributed by atoms with E-state index in [0.29, 0.717) is 11.4 Å². The summed E-state index contributed by atoms with van der Waals surface area (Å²) in [6.45, 7) is 2.49. The van der Waals surface area contributed by atoms with Gasteiger partial charge in [0.15, 0.2) is 0 Å². The highest BCUT2D eigenvalue weighted by atomic mass is 32.2. The molecule has 13 heavy (non-hydrogen) atoms. The van der Waals surface area contributed by atoms with Crippen LogP contribution in [0.5, 0.6) is 0 Å². The Morgan fingerprint density at radius 2 is 2.23 bits per heavy atom. The Morgan fingerprint density at radius 1 is 1.46 bits per heavy atom. The average molecular weight is 199 g/mol. The van der Waals surface area contributed by atoms with Crippen LogP contribution in [0.1, 0.15) is 18.9 Å². The van der Waals surface area contributed by atoms with Crippen molar-refractivity contribution in [3.05, 3.63) is 29.6 Å². The first-order valence-electron chi connectivity index (χ1n) is 4.39. The van der Waals surface area contributed by atoms with Gasteiger partial charge in [-0.15, -0.1) is 11.8 Å². The summed E-state index contributed by atoms with van der Waals surface area (Å²) in [6.07, 6.45) is 1.04. The third kappa shape index (κ3) is 2.71. The first kappa shape index (κ1) is 10.5. The van der Waals surface area contributed by atoms with Crippen molar-refractivity contribution in [2.45, 2.75) is 24.8 Å².